The van der Waals surface area contributed by atoms with Gasteiger partial charge in [-0.3, -0.25) is 0 Å². The van der Waals surface area contributed by atoms with Gasteiger partial charge in [0.05, 0.1) is 16.8 Å². The molecule has 0 fully saturated rings. The van der Waals surface area contributed by atoms with Gasteiger partial charge in [0, 0.05) is 26.3 Å². The molecule has 0 N–H and O–H groups in total. The minimum absolute atomic E-state index is 0.435. The van der Waals surface area contributed by atoms with Gasteiger partial charge in [0.2, 0.25) is 0 Å². The Morgan fingerprint density at radius 3 is 1.69 bits per heavy atom. The molecule has 0 bridgehead atoms. The Bertz CT molecular complexity index is 2810. The number of rotatable bonds is 4. The van der Waals surface area contributed by atoms with Crippen molar-refractivity contribution < 1.29 is 0 Å². The third-order valence-electron chi connectivity index (χ3n) is 10.9. The van der Waals surface area contributed by atoms with Crippen molar-refractivity contribution in [3.8, 4) is 66.6 Å². The van der Waals surface area contributed by atoms with E-state index in [2.05, 4.69) is 176 Å². The molecule has 7 aromatic carbocycles. The molecule has 2 nitrogen and oxygen atoms in total. The molecule has 0 aliphatic heterocycles. The first kappa shape index (κ1) is 29.3. The third kappa shape index (κ3) is 4.17. The van der Waals surface area contributed by atoms with Crippen LogP contribution in [0.15, 0.2) is 182 Å². The van der Waals surface area contributed by atoms with Gasteiger partial charge in [-0.2, -0.15) is 0 Å². The van der Waals surface area contributed by atoms with Crippen molar-refractivity contribution in [3.05, 3.63) is 204 Å². The van der Waals surface area contributed by atoms with E-state index < -0.39 is 5.41 Å². The van der Waals surface area contributed by atoms with Crippen LogP contribution in [0.2, 0.25) is 0 Å². The fourth-order valence-electron chi connectivity index (χ4n) is 8.70. The lowest BCUT2D eigenvalue weighted by Gasteiger charge is -2.30. The van der Waals surface area contributed by atoms with Crippen LogP contribution < -0.4 is 0 Å². The van der Waals surface area contributed by atoms with Crippen LogP contribution in [0.5, 0.6) is 0 Å². The van der Waals surface area contributed by atoms with E-state index in [9.17, 15) is 0 Å². The number of hydrogen-bond acceptors (Lipinski definition) is 3. The summed E-state index contributed by atoms with van der Waals surface area (Å²) in [6.45, 7) is 0. The summed E-state index contributed by atoms with van der Waals surface area (Å²) in [7, 11) is 0. The topological polar surface area (TPSA) is 25.8 Å². The van der Waals surface area contributed by atoms with Gasteiger partial charge in [0.1, 0.15) is 0 Å². The zero-order valence-electron chi connectivity index (χ0n) is 28.1. The first-order valence-corrected chi connectivity index (χ1v) is 18.6. The first-order valence-electron chi connectivity index (χ1n) is 17.7. The molecule has 9 aromatic rings. The number of benzene rings is 7. The van der Waals surface area contributed by atoms with E-state index in [0.717, 1.165) is 39.5 Å². The molecule has 0 unspecified atom stereocenters. The Hall–Kier alpha value is -6.42. The molecule has 0 atom stereocenters. The Labute approximate surface area is 306 Å². The third-order valence-corrected chi connectivity index (χ3v) is 12.1. The van der Waals surface area contributed by atoms with E-state index >= 15 is 0 Å². The van der Waals surface area contributed by atoms with Gasteiger partial charge in [-0.05, 0) is 79.7 Å². The molecule has 0 radical (unpaired) electrons. The summed E-state index contributed by atoms with van der Waals surface area (Å²) in [4.78, 5) is 11.8. The molecule has 0 saturated carbocycles. The molecule has 2 aliphatic rings. The van der Waals surface area contributed by atoms with Crippen molar-refractivity contribution in [2.75, 3.05) is 0 Å². The fourth-order valence-corrected chi connectivity index (χ4v) is 10.00. The molecule has 2 aliphatic carbocycles. The van der Waals surface area contributed by atoms with E-state index in [-0.39, 0.29) is 0 Å². The standard InChI is InChI=1S/C49H30N2S/c1-3-14-31(15-4-1)33-18-13-19-34(28-33)43-30-44(51-48(50-43)32-16-5-2-6-17-32)35-26-27-38-42(29-35)49(46-39-22-9-12-25-45(39)52-47(38)46)40-23-10-7-20-36(40)37-21-8-11-24-41(37)49/h1-30H. The molecule has 3 heteroatoms. The molecular formula is C49H30N2S. The highest BCUT2D eigenvalue weighted by Crippen LogP contribution is 2.66. The minimum atomic E-state index is -0.435. The number of thiophene rings is 1. The molecule has 1 spiro atoms. The fraction of sp³-hybridized carbons (Fsp3) is 0.0204. The minimum Gasteiger partial charge on any atom is -0.228 e. The van der Waals surface area contributed by atoms with E-state index in [1.54, 1.807) is 0 Å². The van der Waals surface area contributed by atoms with E-state index in [1.165, 1.54) is 59.5 Å². The summed E-state index contributed by atoms with van der Waals surface area (Å²) in [5, 5.41) is 1.33. The van der Waals surface area contributed by atoms with Crippen molar-refractivity contribution >= 4 is 21.4 Å². The maximum atomic E-state index is 5.29. The first-order chi connectivity index (χ1) is 25.8. The molecule has 2 aromatic heterocycles. The van der Waals surface area contributed by atoms with Crippen molar-refractivity contribution in [3.63, 3.8) is 0 Å². The summed E-state index contributed by atoms with van der Waals surface area (Å²) < 4.78 is 1.33. The average molecular weight is 679 g/mol. The number of aromatic nitrogens is 2. The van der Waals surface area contributed by atoms with Gasteiger partial charge in [-0.1, -0.05) is 158 Å². The highest BCUT2D eigenvalue weighted by molar-refractivity contribution is 7.22. The summed E-state index contributed by atoms with van der Waals surface area (Å²) in [5.41, 5.74) is 16.2. The summed E-state index contributed by atoms with van der Waals surface area (Å²) in [6, 6.07) is 65.7. The van der Waals surface area contributed by atoms with Crippen LogP contribution in [-0.2, 0) is 5.41 Å². The molecule has 0 saturated heterocycles. The molecule has 2 heterocycles. The molecule has 11 rings (SSSR count). The highest BCUT2D eigenvalue weighted by atomic mass is 32.1. The van der Waals surface area contributed by atoms with Crippen molar-refractivity contribution in [1.29, 1.82) is 0 Å². The van der Waals surface area contributed by atoms with Crippen LogP contribution in [0.4, 0.5) is 0 Å². The zero-order chi connectivity index (χ0) is 34.2. The number of fused-ring (bicyclic) bond motifs is 12. The monoisotopic (exact) mass is 678 g/mol. The molecule has 0 amide bonds. The van der Waals surface area contributed by atoms with Gasteiger partial charge < -0.3 is 0 Å². The van der Waals surface area contributed by atoms with E-state index in [0.29, 0.717) is 0 Å². The van der Waals surface area contributed by atoms with Gasteiger partial charge in [-0.25, -0.2) is 9.97 Å². The van der Waals surface area contributed by atoms with Crippen LogP contribution in [0.3, 0.4) is 0 Å². The normalized spacial score (nSPS) is 13.2. The largest absolute Gasteiger partial charge is 0.228 e. The number of nitrogens with zero attached hydrogens (tertiary/aromatic N) is 2. The number of hydrogen-bond donors (Lipinski definition) is 0. The quantitative estimate of drug-likeness (QED) is 0.185. The van der Waals surface area contributed by atoms with Crippen LogP contribution in [0.25, 0.3) is 76.7 Å². The molecule has 52 heavy (non-hydrogen) atoms. The molecule has 242 valence electrons. The molecular weight excluding hydrogens is 649 g/mol. The maximum absolute atomic E-state index is 5.29. The van der Waals surface area contributed by atoms with E-state index in [4.69, 9.17) is 9.97 Å². The predicted octanol–water partition coefficient (Wildman–Crippen LogP) is 12.7. The Morgan fingerprint density at radius 2 is 0.962 bits per heavy atom. The highest BCUT2D eigenvalue weighted by Gasteiger charge is 2.53. The van der Waals surface area contributed by atoms with Crippen molar-refractivity contribution in [2.45, 2.75) is 5.41 Å². The average Bonchev–Trinajstić information content (AvgIpc) is 3.85. The summed E-state index contributed by atoms with van der Waals surface area (Å²) >= 11 is 1.91. The Kier molecular flexibility index (Phi) is 6.37. The lowest BCUT2D eigenvalue weighted by atomic mass is 9.70. The smallest absolute Gasteiger partial charge is 0.160 e. The van der Waals surface area contributed by atoms with Crippen molar-refractivity contribution in [2.24, 2.45) is 0 Å². The zero-order valence-corrected chi connectivity index (χ0v) is 28.9. The van der Waals surface area contributed by atoms with Gasteiger partial charge in [0.25, 0.3) is 0 Å². The second kappa shape index (κ2) is 11.3. The van der Waals surface area contributed by atoms with Gasteiger partial charge in [0.15, 0.2) is 5.82 Å². The lowest BCUT2D eigenvalue weighted by Crippen LogP contribution is -2.25. The van der Waals surface area contributed by atoms with Crippen LogP contribution in [0, 0.1) is 0 Å². The van der Waals surface area contributed by atoms with Crippen LogP contribution >= 0.6 is 11.3 Å². The van der Waals surface area contributed by atoms with Gasteiger partial charge >= 0.3 is 0 Å². The van der Waals surface area contributed by atoms with E-state index in [1.807, 2.05) is 17.4 Å². The predicted molar refractivity (Wildman–Crippen MR) is 215 cm³/mol. The maximum Gasteiger partial charge on any atom is 0.160 e. The van der Waals surface area contributed by atoms with Crippen molar-refractivity contribution in [1.82, 2.24) is 9.97 Å². The van der Waals surface area contributed by atoms with Gasteiger partial charge in [-0.15, -0.1) is 11.3 Å². The lowest BCUT2D eigenvalue weighted by molar-refractivity contribution is 0.803. The summed E-state index contributed by atoms with van der Waals surface area (Å²) in [6.07, 6.45) is 0. The Balaban J connectivity index is 1.17. The Morgan fingerprint density at radius 1 is 0.385 bits per heavy atom. The SMILES string of the molecule is c1ccc(-c2cccc(-c3cc(-c4ccc5c(c4)C4(c6ccccc6-c6ccccc64)c4c-5sc5ccccc45)nc(-c4ccccc4)n3)c2)cc1. The van der Waals surface area contributed by atoms with Crippen LogP contribution in [-0.4, -0.2) is 9.97 Å². The second-order valence-corrected chi connectivity index (χ2v) is 14.7. The van der Waals surface area contributed by atoms with Crippen LogP contribution in [0.1, 0.15) is 22.3 Å². The second-order valence-electron chi connectivity index (χ2n) is 13.7. The summed E-state index contributed by atoms with van der Waals surface area (Å²) in [5.74, 6) is 0.718.